The quantitative estimate of drug-likeness (QED) is 0.782. The van der Waals surface area contributed by atoms with Crippen LogP contribution in [0.3, 0.4) is 0 Å². The molecule has 0 aromatic heterocycles. The highest BCUT2D eigenvalue weighted by atomic mass is 32.2. The second-order valence-corrected chi connectivity index (χ2v) is 5.28. The molecule has 0 bridgehead atoms. The van der Waals surface area contributed by atoms with Gasteiger partial charge in [-0.2, -0.15) is 0 Å². The topological polar surface area (TPSA) is 40.5 Å². The van der Waals surface area contributed by atoms with Gasteiger partial charge in [-0.25, -0.2) is 4.39 Å². The molecule has 2 nitrogen and oxygen atoms in total. The van der Waals surface area contributed by atoms with Crippen molar-refractivity contribution in [1.82, 2.24) is 0 Å². The predicted molar refractivity (Wildman–Crippen MR) is 64.1 cm³/mol. The molecular formula is C12H17FO2S. The highest BCUT2D eigenvalue weighted by molar-refractivity contribution is 8.00. The van der Waals surface area contributed by atoms with E-state index in [2.05, 4.69) is 0 Å². The van der Waals surface area contributed by atoms with E-state index in [1.54, 1.807) is 24.8 Å². The van der Waals surface area contributed by atoms with Crippen molar-refractivity contribution in [2.24, 2.45) is 0 Å². The van der Waals surface area contributed by atoms with Gasteiger partial charge in [0, 0.05) is 16.8 Å². The van der Waals surface area contributed by atoms with Gasteiger partial charge in [0.05, 0.1) is 6.10 Å². The van der Waals surface area contributed by atoms with E-state index in [0.717, 1.165) is 4.90 Å². The molecule has 16 heavy (non-hydrogen) atoms. The summed E-state index contributed by atoms with van der Waals surface area (Å²) in [6, 6.07) is 4.43. The minimum Gasteiger partial charge on any atom is -0.396 e. The molecule has 0 aliphatic heterocycles. The van der Waals surface area contributed by atoms with E-state index in [1.165, 1.54) is 12.1 Å². The minimum atomic E-state index is -0.681. The predicted octanol–water partition coefficient (Wildman–Crippen LogP) is 2.74. The van der Waals surface area contributed by atoms with Crippen LogP contribution in [0.4, 0.5) is 4.39 Å². The molecule has 0 spiro atoms. The molecular weight excluding hydrogens is 227 g/mol. The zero-order valence-electron chi connectivity index (χ0n) is 9.48. The fourth-order valence-corrected chi connectivity index (χ4v) is 2.58. The first-order valence-electron chi connectivity index (χ1n) is 5.29. The van der Waals surface area contributed by atoms with Crippen LogP contribution in [-0.2, 0) is 0 Å². The van der Waals surface area contributed by atoms with Crippen LogP contribution in [0.5, 0.6) is 0 Å². The highest BCUT2D eigenvalue weighted by Crippen LogP contribution is 2.32. The maximum atomic E-state index is 13.0. The van der Waals surface area contributed by atoms with Crippen molar-refractivity contribution in [2.45, 2.75) is 36.5 Å². The van der Waals surface area contributed by atoms with Gasteiger partial charge in [-0.1, -0.05) is 6.92 Å². The van der Waals surface area contributed by atoms with Crippen molar-refractivity contribution in [3.8, 4) is 0 Å². The SMILES string of the molecule is CC(CCO)Sc1ccc(F)cc1C(C)O. The number of rotatable bonds is 5. The van der Waals surface area contributed by atoms with E-state index in [1.807, 2.05) is 6.92 Å². The number of aliphatic hydroxyl groups excluding tert-OH is 2. The fraction of sp³-hybridized carbons (Fsp3) is 0.500. The van der Waals surface area contributed by atoms with Crippen LogP contribution in [0.2, 0.25) is 0 Å². The number of hydrogen-bond acceptors (Lipinski definition) is 3. The first-order chi connectivity index (χ1) is 7.54. The maximum absolute atomic E-state index is 13.0. The van der Waals surface area contributed by atoms with Crippen LogP contribution in [0.15, 0.2) is 23.1 Å². The fourth-order valence-electron chi connectivity index (χ4n) is 1.41. The molecule has 0 fully saturated rings. The number of benzene rings is 1. The van der Waals surface area contributed by atoms with Gasteiger partial charge >= 0.3 is 0 Å². The van der Waals surface area contributed by atoms with Gasteiger partial charge in [-0.15, -0.1) is 11.8 Å². The summed E-state index contributed by atoms with van der Waals surface area (Å²) in [5, 5.41) is 18.6. The average Bonchev–Trinajstić information content (AvgIpc) is 2.20. The van der Waals surface area contributed by atoms with Crippen LogP contribution in [0.1, 0.15) is 31.9 Å². The first-order valence-corrected chi connectivity index (χ1v) is 6.17. The third kappa shape index (κ3) is 3.77. The molecule has 0 aliphatic carbocycles. The smallest absolute Gasteiger partial charge is 0.123 e. The largest absolute Gasteiger partial charge is 0.396 e. The Labute approximate surface area is 99.5 Å². The van der Waals surface area contributed by atoms with Gasteiger partial charge in [-0.3, -0.25) is 0 Å². The zero-order chi connectivity index (χ0) is 12.1. The van der Waals surface area contributed by atoms with Crippen LogP contribution in [0, 0.1) is 5.82 Å². The van der Waals surface area contributed by atoms with Crippen LogP contribution < -0.4 is 0 Å². The van der Waals surface area contributed by atoms with E-state index in [4.69, 9.17) is 5.11 Å². The van der Waals surface area contributed by atoms with Crippen LogP contribution >= 0.6 is 11.8 Å². The van der Waals surface area contributed by atoms with E-state index in [9.17, 15) is 9.50 Å². The Hall–Kier alpha value is -0.580. The third-order valence-corrected chi connectivity index (χ3v) is 3.55. The summed E-state index contributed by atoms with van der Waals surface area (Å²) in [6.45, 7) is 3.75. The van der Waals surface area contributed by atoms with Crippen molar-refractivity contribution in [3.63, 3.8) is 0 Å². The summed E-state index contributed by atoms with van der Waals surface area (Å²) in [6.07, 6.45) is 0.000844. The Kier molecular flexibility index (Phi) is 5.25. The molecule has 2 unspecified atom stereocenters. The third-order valence-electron chi connectivity index (χ3n) is 2.29. The van der Waals surface area contributed by atoms with Crippen molar-refractivity contribution >= 4 is 11.8 Å². The maximum Gasteiger partial charge on any atom is 0.123 e. The standard InChI is InChI=1S/C12H17FO2S/c1-8(5-6-14)16-12-4-3-10(13)7-11(12)9(2)15/h3-4,7-9,14-15H,5-6H2,1-2H3. The molecule has 0 aliphatic rings. The Morgan fingerprint density at radius 3 is 2.62 bits per heavy atom. The van der Waals surface area contributed by atoms with Gasteiger partial charge in [0.15, 0.2) is 0 Å². The van der Waals surface area contributed by atoms with Crippen LogP contribution in [-0.4, -0.2) is 22.1 Å². The van der Waals surface area contributed by atoms with Crippen molar-refractivity contribution < 1.29 is 14.6 Å². The number of hydrogen-bond donors (Lipinski definition) is 2. The van der Waals surface area contributed by atoms with Crippen LogP contribution in [0.25, 0.3) is 0 Å². The monoisotopic (exact) mass is 244 g/mol. The van der Waals surface area contributed by atoms with E-state index in [-0.39, 0.29) is 17.7 Å². The van der Waals surface area contributed by atoms with Gasteiger partial charge in [0.2, 0.25) is 0 Å². The number of halogens is 1. The van der Waals surface area contributed by atoms with E-state index < -0.39 is 6.10 Å². The molecule has 1 aromatic carbocycles. The normalized spacial score (nSPS) is 14.8. The van der Waals surface area contributed by atoms with Gasteiger partial charge in [0.25, 0.3) is 0 Å². The van der Waals surface area contributed by atoms with E-state index in [0.29, 0.717) is 12.0 Å². The summed E-state index contributed by atoms with van der Waals surface area (Å²) in [5.74, 6) is -0.338. The molecule has 1 rings (SSSR count). The Morgan fingerprint density at radius 1 is 1.38 bits per heavy atom. The van der Waals surface area contributed by atoms with E-state index >= 15 is 0 Å². The van der Waals surface area contributed by atoms with Gasteiger partial charge in [-0.05, 0) is 37.1 Å². The molecule has 0 radical (unpaired) electrons. The van der Waals surface area contributed by atoms with Crippen molar-refractivity contribution in [3.05, 3.63) is 29.6 Å². The molecule has 0 amide bonds. The van der Waals surface area contributed by atoms with Gasteiger partial charge < -0.3 is 10.2 Å². The average molecular weight is 244 g/mol. The second kappa shape index (κ2) is 6.23. The Balaban J connectivity index is 2.86. The summed E-state index contributed by atoms with van der Waals surface area (Å²) in [7, 11) is 0. The molecule has 0 saturated heterocycles. The lowest BCUT2D eigenvalue weighted by molar-refractivity contribution is 0.196. The lowest BCUT2D eigenvalue weighted by Crippen LogP contribution is -2.02. The molecule has 4 heteroatoms. The molecule has 2 N–H and O–H groups in total. The van der Waals surface area contributed by atoms with Gasteiger partial charge in [0.1, 0.15) is 5.82 Å². The number of aliphatic hydroxyl groups is 2. The molecule has 1 aromatic rings. The molecule has 0 heterocycles. The molecule has 2 atom stereocenters. The Bertz CT molecular complexity index is 342. The number of thioether (sulfide) groups is 1. The van der Waals surface area contributed by atoms with Crippen molar-refractivity contribution in [1.29, 1.82) is 0 Å². The Morgan fingerprint density at radius 2 is 2.06 bits per heavy atom. The minimum absolute atomic E-state index is 0.138. The summed E-state index contributed by atoms with van der Waals surface area (Å²) in [4.78, 5) is 0.873. The first kappa shape index (κ1) is 13.5. The molecule has 90 valence electrons. The lowest BCUT2D eigenvalue weighted by atomic mass is 10.1. The van der Waals surface area contributed by atoms with Crippen molar-refractivity contribution in [2.75, 3.05) is 6.61 Å². The zero-order valence-corrected chi connectivity index (χ0v) is 10.3. The summed E-state index contributed by atoms with van der Waals surface area (Å²) < 4.78 is 13.0. The highest BCUT2D eigenvalue weighted by Gasteiger charge is 2.12. The lowest BCUT2D eigenvalue weighted by Gasteiger charge is -2.15. The second-order valence-electron chi connectivity index (χ2n) is 3.80. The molecule has 0 saturated carbocycles. The summed E-state index contributed by atoms with van der Waals surface area (Å²) in [5.41, 5.74) is 0.606. The summed E-state index contributed by atoms with van der Waals surface area (Å²) >= 11 is 1.55.